The molecule has 0 amide bonds. The molecular weight excluding hydrogens is 328 g/mol. The Hall–Kier alpha value is -2.59. The van der Waals surface area contributed by atoms with E-state index in [0.29, 0.717) is 11.1 Å². The zero-order valence-electron chi connectivity index (χ0n) is 14.2. The lowest BCUT2D eigenvalue weighted by Gasteiger charge is -2.04. The summed E-state index contributed by atoms with van der Waals surface area (Å²) >= 11 is 1.57. The largest absolute Gasteiger partial charge is 0.411 e. The van der Waals surface area contributed by atoms with E-state index < -0.39 is 0 Å². The zero-order valence-corrected chi connectivity index (χ0v) is 15.0. The maximum absolute atomic E-state index is 5.85. The number of aromatic nitrogens is 2. The Morgan fingerprint density at radius 2 is 1.64 bits per heavy atom. The van der Waals surface area contributed by atoms with Crippen LogP contribution in [0.2, 0.25) is 0 Å². The van der Waals surface area contributed by atoms with Crippen molar-refractivity contribution in [3.8, 4) is 11.5 Å². The Labute approximate surface area is 151 Å². The summed E-state index contributed by atoms with van der Waals surface area (Å²) in [5.41, 5.74) is 4.63. The highest BCUT2D eigenvalue weighted by Gasteiger charge is 2.11. The number of rotatable bonds is 4. The first kappa shape index (κ1) is 15.9. The molecule has 4 heteroatoms. The molecule has 3 nitrogen and oxygen atoms in total. The summed E-state index contributed by atoms with van der Waals surface area (Å²) in [6, 6.07) is 21.1. The third kappa shape index (κ3) is 3.44. The van der Waals surface area contributed by atoms with E-state index in [0.717, 1.165) is 11.3 Å². The maximum Gasteiger partial charge on any atom is 0.277 e. The van der Waals surface area contributed by atoms with E-state index in [1.807, 2.05) is 0 Å². The summed E-state index contributed by atoms with van der Waals surface area (Å²) in [7, 11) is 0. The normalized spacial score (nSPS) is 11.1. The second-order valence-electron chi connectivity index (χ2n) is 6.18. The second-order valence-corrected chi connectivity index (χ2v) is 7.10. The van der Waals surface area contributed by atoms with Crippen LogP contribution in [0.1, 0.15) is 16.7 Å². The van der Waals surface area contributed by atoms with Gasteiger partial charge in [-0.25, -0.2) is 0 Å². The average Bonchev–Trinajstić information content (AvgIpc) is 3.08. The molecule has 3 aromatic carbocycles. The molecule has 0 aliphatic carbocycles. The Bertz CT molecular complexity index is 1010. The van der Waals surface area contributed by atoms with Crippen LogP contribution in [-0.4, -0.2) is 10.2 Å². The highest BCUT2D eigenvalue weighted by Crippen LogP contribution is 2.29. The lowest BCUT2D eigenvalue weighted by atomic mass is 10.1. The van der Waals surface area contributed by atoms with Gasteiger partial charge in [-0.3, -0.25) is 0 Å². The lowest BCUT2D eigenvalue weighted by Crippen LogP contribution is -1.84. The molecule has 0 unspecified atom stereocenters. The number of fused-ring (bicyclic) bond motifs is 1. The van der Waals surface area contributed by atoms with Crippen LogP contribution in [0.3, 0.4) is 0 Å². The average molecular weight is 346 g/mol. The molecule has 0 saturated carbocycles. The predicted octanol–water partition coefficient (Wildman–Crippen LogP) is 5.80. The summed E-state index contributed by atoms with van der Waals surface area (Å²) in [5.74, 6) is 1.38. The first-order chi connectivity index (χ1) is 12.2. The van der Waals surface area contributed by atoms with Crippen molar-refractivity contribution in [2.45, 2.75) is 24.8 Å². The standard InChI is InChI=1S/C21H18N2OS/c1-14-10-15(2)12-18(11-14)20-22-23-21(24-20)25-13-17-8-5-7-16-6-3-4-9-19(16)17/h3-12H,13H2,1-2H3. The molecule has 4 aromatic rings. The van der Waals surface area contributed by atoms with Crippen molar-refractivity contribution in [2.75, 3.05) is 0 Å². The van der Waals surface area contributed by atoms with Crippen LogP contribution < -0.4 is 0 Å². The van der Waals surface area contributed by atoms with Crippen molar-refractivity contribution in [1.29, 1.82) is 0 Å². The molecule has 124 valence electrons. The summed E-state index contributed by atoms with van der Waals surface area (Å²) in [5, 5.41) is 11.5. The molecule has 0 N–H and O–H groups in total. The highest BCUT2D eigenvalue weighted by atomic mass is 32.2. The highest BCUT2D eigenvalue weighted by molar-refractivity contribution is 7.98. The molecular formula is C21H18N2OS. The molecule has 0 fully saturated rings. The molecule has 0 radical (unpaired) electrons. The first-order valence-electron chi connectivity index (χ1n) is 8.21. The van der Waals surface area contributed by atoms with E-state index in [2.05, 4.69) is 84.7 Å². The van der Waals surface area contributed by atoms with Gasteiger partial charge >= 0.3 is 0 Å². The van der Waals surface area contributed by atoms with Crippen LogP contribution in [0.15, 0.2) is 70.3 Å². The Kier molecular flexibility index (Phi) is 4.28. The minimum absolute atomic E-state index is 0.576. The second kappa shape index (κ2) is 6.73. The molecule has 25 heavy (non-hydrogen) atoms. The Balaban J connectivity index is 1.55. The van der Waals surface area contributed by atoms with Gasteiger partial charge in [0.05, 0.1) is 0 Å². The van der Waals surface area contributed by atoms with Gasteiger partial charge in [-0.1, -0.05) is 71.4 Å². The van der Waals surface area contributed by atoms with Gasteiger partial charge in [-0.2, -0.15) is 0 Å². The van der Waals surface area contributed by atoms with Crippen molar-refractivity contribution in [3.63, 3.8) is 0 Å². The van der Waals surface area contributed by atoms with E-state index in [1.165, 1.54) is 27.5 Å². The summed E-state index contributed by atoms with van der Waals surface area (Å²) in [4.78, 5) is 0. The number of hydrogen-bond donors (Lipinski definition) is 0. The Morgan fingerprint density at radius 1 is 0.880 bits per heavy atom. The maximum atomic E-state index is 5.85. The molecule has 0 spiro atoms. The van der Waals surface area contributed by atoms with Gasteiger partial charge in [0.15, 0.2) is 0 Å². The molecule has 1 heterocycles. The quantitative estimate of drug-likeness (QED) is 0.438. The molecule has 0 atom stereocenters. The van der Waals surface area contributed by atoms with Crippen molar-refractivity contribution >= 4 is 22.5 Å². The lowest BCUT2D eigenvalue weighted by molar-refractivity contribution is 0.466. The number of aryl methyl sites for hydroxylation is 2. The van der Waals surface area contributed by atoms with Gasteiger partial charge in [0.2, 0.25) is 5.89 Å². The van der Waals surface area contributed by atoms with Crippen LogP contribution in [0.25, 0.3) is 22.2 Å². The van der Waals surface area contributed by atoms with Gasteiger partial charge in [-0.05, 0) is 42.3 Å². The zero-order chi connectivity index (χ0) is 17.2. The molecule has 0 saturated heterocycles. The minimum Gasteiger partial charge on any atom is -0.411 e. The number of nitrogens with zero attached hydrogens (tertiary/aromatic N) is 2. The fraction of sp³-hybridized carbons (Fsp3) is 0.143. The van der Waals surface area contributed by atoms with Crippen LogP contribution in [0.5, 0.6) is 0 Å². The van der Waals surface area contributed by atoms with Crippen molar-refractivity contribution in [1.82, 2.24) is 10.2 Å². The number of benzene rings is 3. The molecule has 0 bridgehead atoms. The monoisotopic (exact) mass is 346 g/mol. The number of thioether (sulfide) groups is 1. The van der Waals surface area contributed by atoms with E-state index in [-0.39, 0.29) is 0 Å². The Morgan fingerprint density at radius 3 is 2.48 bits per heavy atom. The van der Waals surface area contributed by atoms with Gasteiger partial charge in [0.1, 0.15) is 0 Å². The minimum atomic E-state index is 0.576. The van der Waals surface area contributed by atoms with Crippen LogP contribution in [0, 0.1) is 13.8 Å². The van der Waals surface area contributed by atoms with E-state index >= 15 is 0 Å². The van der Waals surface area contributed by atoms with Gasteiger partial charge in [0.25, 0.3) is 5.22 Å². The molecule has 0 aliphatic heterocycles. The first-order valence-corrected chi connectivity index (χ1v) is 9.19. The van der Waals surface area contributed by atoms with E-state index in [1.54, 1.807) is 11.8 Å². The van der Waals surface area contributed by atoms with Crippen molar-refractivity contribution < 1.29 is 4.42 Å². The van der Waals surface area contributed by atoms with Crippen LogP contribution in [0.4, 0.5) is 0 Å². The van der Waals surface area contributed by atoms with Gasteiger partial charge in [-0.15, -0.1) is 10.2 Å². The SMILES string of the molecule is Cc1cc(C)cc(-c2nnc(SCc3cccc4ccccc34)o2)c1. The van der Waals surface area contributed by atoms with Crippen molar-refractivity contribution in [3.05, 3.63) is 77.4 Å². The molecule has 4 rings (SSSR count). The third-order valence-electron chi connectivity index (χ3n) is 4.11. The summed E-state index contributed by atoms with van der Waals surface area (Å²) in [6.07, 6.45) is 0. The topological polar surface area (TPSA) is 38.9 Å². The summed E-state index contributed by atoms with van der Waals surface area (Å²) < 4.78 is 5.85. The molecule has 1 aromatic heterocycles. The van der Waals surface area contributed by atoms with Gasteiger partial charge in [0, 0.05) is 11.3 Å². The van der Waals surface area contributed by atoms with E-state index in [4.69, 9.17) is 4.42 Å². The van der Waals surface area contributed by atoms with Crippen LogP contribution >= 0.6 is 11.8 Å². The fourth-order valence-corrected chi connectivity index (χ4v) is 3.81. The summed E-state index contributed by atoms with van der Waals surface area (Å²) in [6.45, 7) is 4.14. The smallest absolute Gasteiger partial charge is 0.277 e. The number of hydrogen-bond acceptors (Lipinski definition) is 4. The fourth-order valence-electron chi connectivity index (χ4n) is 3.04. The third-order valence-corrected chi connectivity index (χ3v) is 4.97. The molecule has 0 aliphatic rings. The van der Waals surface area contributed by atoms with Crippen molar-refractivity contribution in [2.24, 2.45) is 0 Å². The van der Waals surface area contributed by atoms with Crippen LogP contribution in [-0.2, 0) is 5.75 Å². The van der Waals surface area contributed by atoms with Gasteiger partial charge < -0.3 is 4.42 Å². The predicted molar refractivity (Wildman–Crippen MR) is 103 cm³/mol. The van der Waals surface area contributed by atoms with E-state index in [9.17, 15) is 0 Å².